The molecule has 0 aromatic heterocycles. The van der Waals surface area contributed by atoms with Crippen LogP contribution in [0.5, 0.6) is 0 Å². The van der Waals surface area contributed by atoms with Crippen LogP contribution in [0.25, 0.3) is 0 Å². The summed E-state index contributed by atoms with van der Waals surface area (Å²) < 4.78 is 0. The van der Waals surface area contributed by atoms with Gasteiger partial charge in [-0.15, -0.1) is 0 Å². The maximum atomic E-state index is 11.7. The summed E-state index contributed by atoms with van der Waals surface area (Å²) in [5.74, 6) is 0.670. The molecule has 1 amide bonds. The van der Waals surface area contributed by atoms with E-state index in [-0.39, 0.29) is 5.91 Å². The maximum Gasteiger partial charge on any atom is 0.234 e. The van der Waals surface area contributed by atoms with Gasteiger partial charge in [0.25, 0.3) is 0 Å². The van der Waals surface area contributed by atoms with Crippen molar-refractivity contribution in [3.05, 3.63) is 0 Å². The zero-order valence-electron chi connectivity index (χ0n) is 11.5. The van der Waals surface area contributed by atoms with Crippen LogP contribution in [0.2, 0.25) is 0 Å². The highest BCUT2D eigenvalue weighted by molar-refractivity contribution is 5.77. The number of likely N-dealkylation sites (N-methyl/N-ethyl adjacent to an activating group) is 1. The van der Waals surface area contributed by atoms with E-state index >= 15 is 0 Å². The van der Waals surface area contributed by atoms with E-state index in [0.717, 1.165) is 26.2 Å². The van der Waals surface area contributed by atoms with Gasteiger partial charge in [0.2, 0.25) is 5.91 Å². The largest absolute Gasteiger partial charge is 0.355 e. The first kappa shape index (κ1) is 14.5. The average molecular weight is 241 g/mol. The molecule has 1 atom stereocenters. The van der Waals surface area contributed by atoms with Crippen molar-refractivity contribution in [3.63, 3.8) is 0 Å². The Morgan fingerprint density at radius 2 is 2.29 bits per heavy atom. The molecule has 0 aliphatic carbocycles. The standard InChI is InChI=1S/C13H27N3O/c1-4-16(9-12-6-5-7-14-12)10-13(17)15-8-11(2)3/h11-12,14H,4-10H2,1-3H3,(H,15,17). The summed E-state index contributed by atoms with van der Waals surface area (Å²) >= 11 is 0. The number of carbonyl (C=O) groups is 1. The van der Waals surface area contributed by atoms with Crippen LogP contribution in [0.4, 0.5) is 0 Å². The first-order valence-corrected chi connectivity index (χ1v) is 6.84. The topological polar surface area (TPSA) is 44.4 Å². The van der Waals surface area contributed by atoms with Crippen molar-refractivity contribution in [2.75, 3.05) is 32.7 Å². The molecular weight excluding hydrogens is 214 g/mol. The highest BCUT2D eigenvalue weighted by Gasteiger charge is 2.18. The van der Waals surface area contributed by atoms with Gasteiger partial charge in [-0.1, -0.05) is 20.8 Å². The van der Waals surface area contributed by atoms with E-state index in [1.165, 1.54) is 12.8 Å². The molecule has 1 fully saturated rings. The lowest BCUT2D eigenvalue weighted by Crippen LogP contribution is -2.43. The molecule has 17 heavy (non-hydrogen) atoms. The minimum absolute atomic E-state index is 0.151. The summed E-state index contributed by atoms with van der Waals surface area (Å²) in [6.45, 7) is 10.7. The van der Waals surface area contributed by atoms with Crippen molar-refractivity contribution < 1.29 is 4.79 Å². The predicted octanol–water partition coefficient (Wildman–Crippen LogP) is 0.833. The van der Waals surface area contributed by atoms with Crippen LogP contribution in [-0.2, 0) is 4.79 Å². The molecule has 1 heterocycles. The van der Waals surface area contributed by atoms with E-state index in [2.05, 4.69) is 36.3 Å². The molecule has 4 heteroatoms. The molecule has 1 rings (SSSR count). The van der Waals surface area contributed by atoms with Crippen molar-refractivity contribution in [3.8, 4) is 0 Å². The molecule has 0 aromatic carbocycles. The van der Waals surface area contributed by atoms with Crippen LogP contribution in [0.3, 0.4) is 0 Å². The fourth-order valence-electron chi connectivity index (χ4n) is 2.11. The molecule has 0 aromatic rings. The number of carbonyl (C=O) groups excluding carboxylic acids is 1. The molecule has 0 radical (unpaired) electrons. The zero-order chi connectivity index (χ0) is 12.7. The molecule has 0 saturated carbocycles. The van der Waals surface area contributed by atoms with E-state index in [9.17, 15) is 4.79 Å². The van der Waals surface area contributed by atoms with E-state index in [0.29, 0.717) is 18.5 Å². The maximum absolute atomic E-state index is 11.7. The summed E-state index contributed by atoms with van der Waals surface area (Å²) in [7, 11) is 0. The molecule has 1 aliphatic heterocycles. The summed E-state index contributed by atoms with van der Waals surface area (Å²) in [5.41, 5.74) is 0. The Balaban J connectivity index is 2.22. The van der Waals surface area contributed by atoms with Crippen molar-refractivity contribution >= 4 is 5.91 Å². The molecule has 0 spiro atoms. The van der Waals surface area contributed by atoms with Gasteiger partial charge in [-0.2, -0.15) is 0 Å². The predicted molar refractivity (Wildman–Crippen MR) is 71.0 cm³/mol. The fraction of sp³-hybridized carbons (Fsp3) is 0.923. The first-order valence-electron chi connectivity index (χ1n) is 6.84. The van der Waals surface area contributed by atoms with Gasteiger partial charge >= 0.3 is 0 Å². The molecular formula is C13H27N3O. The Hall–Kier alpha value is -0.610. The molecule has 1 unspecified atom stereocenters. The van der Waals surface area contributed by atoms with Crippen LogP contribution >= 0.6 is 0 Å². The van der Waals surface area contributed by atoms with Crippen LogP contribution in [-0.4, -0.2) is 49.6 Å². The number of amides is 1. The van der Waals surface area contributed by atoms with E-state index in [4.69, 9.17) is 0 Å². The Morgan fingerprint density at radius 1 is 1.53 bits per heavy atom. The SMILES string of the molecule is CCN(CC(=O)NCC(C)C)CC1CCCN1. The Labute approximate surface area is 105 Å². The van der Waals surface area contributed by atoms with Crippen molar-refractivity contribution in [1.29, 1.82) is 0 Å². The third-order valence-electron chi connectivity index (χ3n) is 3.16. The third-order valence-corrected chi connectivity index (χ3v) is 3.16. The minimum atomic E-state index is 0.151. The van der Waals surface area contributed by atoms with Crippen LogP contribution < -0.4 is 10.6 Å². The molecule has 1 aliphatic rings. The van der Waals surface area contributed by atoms with Gasteiger partial charge in [0.1, 0.15) is 0 Å². The van der Waals surface area contributed by atoms with Gasteiger partial charge in [0.05, 0.1) is 6.54 Å². The smallest absolute Gasteiger partial charge is 0.234 e. The van der Waals surface area contributed by atoms with Gasteiger partial charge in [0, 0.05) is 19.1 Å². The normalized spacial score (nSPS) is 20.2. The second-order valence-corrected chi connectivity index (χ2v) is 5.32. The van der Waals surface area contributed by atoms with E-state index in [1.807, 2.05) is 0 Å². The van der Waals surface area contributed by atoms with Crippen molar-refractivity contribution in [2.45, 2.75) is 39.7 Å². The van der Waals surface area contributed by atoms with E-state index in [1.54, 1.807) is 0 Å². The van der Waals surface area contributed by atoms with Gasteiger partial charge in [0.15, 0.2) is 0 Å². The lowest BCUT2D eigenvalue weighted by molar-refractivity contribution is -0.122. The molecule has 2 N–H and O–H groups in total. The second kappa shape index (κ2) is 7.67. The number of hydrogen-bond donors (Lipinski definition) is 2. The highest BCUT2D eigenvalue weighted by atomic mass is 16.2. The van der Waals surface area contributed by atoms with Crippen LogP contribution in [0, 0.1) is 5.92 Å². The zero-order valence-corrected chi connectivity index (χ0v) is 11.5. The molecule has 0 bridgehead atoms. The Kier molecular flexibility index (Phi) is 6.52. The molecule has 4 nitrogen and oxygen atoms in total. The van der Waals surface area contributed by atoms with E-state index < -0.39 is 0 Å². The number of hydrogen-bond acceptors (Lipinski definition) is 3. The minimum Gasteiger partial charge on any atom is -0.355 e. The lowest BCUT2D eigenvalue weighted by Gasteiger charge is -2.23. The number of nitrogens with one attached hydrogen (secondary N) is 2. The molecule has 100 valence electrons. The first-order chi connectivity index (χ1) is 8.11. The Bertz CT molecular complexity index is 225. The third kappa shape index (κ3) is 6.03. The molecule has 1 saturated heterocycles. The van der Waals surface area contributed by atoms with Gasteiger partial charge in [-0.25, -0.2) is 0 Å². The monoisotopic (exact) mass is 241 g/mol. The number of nitrogens with zero attached hydrogens (tertiary/aromatic N) is 1. The Morgan fingerprint density at radius 3 is 2.82 bits per heavy atom. The van der Waals surface area contributed by atoms with Crippen molar-refractivity contribution in [2.24, 2.45) is 5.92 Å². The average Bonchev–Trinajstić information content (AvgIpc) is 2.78. The van der Waals surface area contributed by atoms with Crippen LogP contribution in [0.15, 0.2) is 0 Å². The quantitative estimate of drug-likeness (QED) is 0.694. The van der Waals surface area contributed by atoms with Gasteiger partial charge in [-0.05, 0) is 31.8 Å². The summed E-state index contributed by atoms with van der Waals surface area (Å²) in [6.07, 6.45) is 2.51. The summed E-state index contributed by atoms with van der Waals surface area (Å²) in [5, 5.41) is 6.44. The highest BCUT2D eigenvalue weighted by Crippen LogP contribution is 2.06. The number of rotatable bonds is 7. The lowest BCUT2D eigenvalue weighted by atomic mass is 10.2. The summed E-state index contributed by atoms with van der Waals surface area (Å²) in [4.78, 5) is 13.9. The fourth-order valence-corrected chi connectivity index (χ4v) is 2.11. The van der Waals surface area contributed by atoms with Crippen molar-refractivity contribution in [1.82, 2.24) is 15.5 Å². The van der Waals surface area contributed by atoms with Gasteiger partial charge in [-0.3, -0.25) is 9.69 Å². The van der Waals surface area contributed by atoms with Gasteiger partial charge < -0.3 is 10.6 Å². The van der Waals surface area contributed by atoms with Crippen LogP contribution in [0.1, 0.15) is 33.6 Å². The summed E-state index contributed by atoms with van der Waals surface area (Å²) in [6, 6.07) is 0.577. The second-order valence-electron chi connectivity index (χ2n) is 5.32.